The predicted molar refractivity (Wildman–Crippen MR) is 145 cm³/mol. The van der Waals surface area contributed by atoms with Crippen LogP contribution in [0.5, 0.6) is 5.75 Å². The van der Waals surface area contributed by atoms with E-state index in [1.54, 1.807) is 30.5 Å². The van der Waals surface area contributed by atoms with Crippen molar-refractivity contribution in [2.24, 2.45) is 11.0 Å². The van der Waals surface area contributed by atoms with Crippen LogP contribution >= 0.6 is 0 Å². The summed E-state index contributed by atoms with van der Waals surface area (Å²) in [4.78, 5) is 12.5. The van der Waals surface area contributed by atoms with Gasteiger partial charge in [0.15, 0.2) is 0 Å². The van der Waals surface area contributed by atoms with Gasteiger partial charge < -0.3 is 4.74 Å². The lowest BCUT2D eigenvalue weighted by Crippen LogP contribution is -2.29. The van der Waals surface area contributed by atoms with Crippen LogP contribution in [0.3, 0.4) is 0 Å². The number of hydrogen-bond donors (Lipinski definition) is 1. The SMILES string of the molecule is Cc1ccccc1CN(c1ccc(C(=O)N/N=C\c2ccc(OCCC(C)C)cc2)cc1)S(C)(=O)=O. The lowest BCUT2D eigenvalue weighted by molar-refractivity contribution is 0.0955. The van der Waals surface area contributed by atoms with E-state index in [4.69, 9.17) is 4.74 Å². The number of nitrogens with one attached hydrogen (secondary N) is 1. The number of nitrogens with zero attached hydrogens (tertiary/aromatic N) is 2. The molecule has 3 rings (SSSR count). The number of hydrogen-bond acceptors (Lipinski definition) is 5. The van der Waals surface area contributed by atoms with Gasteiger partial charge in [-0.05, 0) is 84.5 Å². The third-order valence-electron chi connectivity index (χ3n) is 5.62. The Bertz CT molecular complexity index is 1290. The van der Waals surface area contributed by atoms with Gasteiger partial charge in [-0.3, -0.25) is 9.10 Å². The monoisotopic (exact) mass is 507 g/mol. The van der Waals surface area contributed by atoms with Crippen LogP contribution in [0.1, 0.15) is 47.3 Å². The number of amides is 1. The minimum absolute atomic E-state index is 0.211. The zero-order valence-electron chi connectivity index (χ0n) is 21.1. The smallest absolute Gasteiger partial charge is 0.271 e. The molecule has 0 bridgehead atoms. The lowest BCUT2D eigenvalue weighted by Gasteiger charge is -2.23. The molecule has 0 fully saturated rings. The van der Waals surface area contributed by atoms with Gasteiger partial charge in [-0.15, -0.1) is 0 Å². The van der Waals surface area contributed by atoms with Crippen LogP contribution in [-0.2, 0) is 16.6 Å². The predicted octanol–water partition coefficient (Wildman–Crippen LogP) is 5.15. The molecule has 0 aliphatic carbocycles. The Kier molecular flexibility index (Phi) is 9.25. The number of benzene rings is 3. The number of anilines is 1. The maximum Gasteiger partial charge on any atom is 0.271 e. The highest BCUT2D eigenvalue weighted by Crippen LogP contribution is 2.22. The molecule has 0 saturated heterocycles. The van der Waals surface area contributed by atoms with Crippen molar-refractivity contribution in [3.8, 4) is 5.75 Å². The second-order valence-corrected chi connectivity index (χ2v) is 10.9. The molecule has 1 amide bonds. The molecular formula is C28H33N3O4S. The summed E-state index contributed by atoms with van der Waals surface area (Å²) in [5.41, 5.74) is 6.10. The van der Waals surface area contributed by atoms with Crippen molar-refractivity contribution in [2.45, 2.75) is 33.7 Å². The standard InChI is InChI=1S/C28H33N3O4S/c1-21(2)17-18-35-27-15-9-23(10-16-27)19-29-30-28(32)24-11-13-26(14-12-24)31(36(4,33)34)20-25-8-6-5-7-22(25)3/h5-16,19,21H,17-18,20H2,1-4H3,(H,30,32)/b29-19-. The molecule has 0 spiro atoms. The van der Waals surface area contributed by atoms with Gasteiger partial charge in [0.25, 0.3) is 5.91 Å². The van der Waals surface area contributed by atoms with Crippen molar-refractivity contribution >= 4 is 27.8 Å². The fourth-order valence-electron chi connectivity index (χ4n) is 3.41. The zero-order chi connectivity index (χ0) is 26.1. The Morgan fingerprint density at radius 3 is 2.31 bits per heavy atom. The topological polar surface area (TPSA) is 88.1 Å². The summed E-state index contributed by atoms with van der Waals surface area (Å²) in [5, 5.41) is 4.02. The maximum atomic E-state index is 12.5. The highest BCUT2D eigenvalue weighted by molar-refractivity contribution is 7.92. The quantitative estimate of drug-likeness (QED) is 0.287. The summed E-state index contributed by atoms with van der Waals surface area (Å²) < 4.78 is 32.0. The Morgan fingerprint density at radius 2 is 1.69 bits per heavy atom. The van der Waals surface area contributed by atoms with Crippen molar-refractivity contribution in [3.63, 3.8) is 0 Å². The minimum Gasteiger partial charge on any atom is -0.494 e. The summed E-state index contributed by atoms with van der Waals surface area (Å²) in [6.45, 7) is 7.14. The second-order valence-electron chi connectivity index (χ2n) is 9.04. The number of hydrazone groups is 1. The van der Waals surface area contributed by atoms with Crippen molar-refractivity contribution in [1.82, 2.24) is 5.43 Å². The fourth-order valence-corrected chi connectivity index (χ4v) is 4.29. The van der Waals surface area contributed by atoms with Crippen LogP contribution < -0.4 is 14.5 Å². The molecule has 7 nitrogen and oxygen atoms in total. The third-order valence-corrected chi connectivity index (χ3v) is 6.76. The van der Waals surface area contributed by atoms with Crippen molar-refractivity contribution in [2.75, 3.05) is 17.2 Å². The molecular weight excluding hydrogens is 474 g/mol. The lowest BCUT2D eigenvalue weighted by atomic mass is 10.1. The largest absolute Gasteiger partial charge is 0.494 e. The van der Waals surface area contributed by atoms with Crippen molar-refractivity contribution < 1.29 is 17.9 Å². The van der Waals surface area contributed by atoms with Crippen LogP contribution in [0, 0.1) is 12.8 Å². The van der Waals surface area contributed by atoms with Gasteiger partial charge in [0.05, 0.1) is 31.3 Å². The van der Waals surface area contributed by atoms with Gasteiger partial charge in [0.1, 0.15) is 5.75 Å². The summed E-state index contributed by atoms with van der Waals surface area (Å²) in [6, 6.07) is 21.5. The Morgan fingerprint density at radius 1 is 1.03 bits per heavy atom. The first-order valence-corrected chi connectivity index (χ1v) is 13.7. The molecule has 0 aliphatic rings. The Hall–Kier alpha value is -3.65. The highest BCUT2D eigenvalue weighted by Gasteiger charge is 2.19. The van der Waals surface area contributed by atoms with Crippen LogP contribution in [-0.4, -0.2) is 33.4 Å². The Labute approximate surface area is 213 Å². The minimum atomic E-state index is -3.52. The first-order chi connectivity index (χ1) is 17.1. The third kappa shape index (κ3) is 7.95. The average molecular weight is 508 g/mol. The van der Waals surface area contributed by atoms with E-state index in [2.05, 4.69) is 24.4 Å². The summed E-state index contributed by atoms with van der Waals surface area (Å²) in [5.74, 6) is 0.993. The summed E-state index contributed by atoms with van der Waals surface area (Å²) >= 11 is 0. The van der Waals surface area contributed by atoms with E-state index in [0.29, 0.717) is 23.8 Å². The maximum absolute atomic E-state index is 12.5. The van der Waals surface area contributed by atoms with Gasteiger partial charge in [-0.2, -0.15) is 5.10 Å². The van der Waals surface area contributed by atoms with E-state index in [0.717, 1.165) is 28.9 Å². The number of rotatable bonds is 11. The number of carbonyl (C=O) groups is 1. The molecule has 1 N–H and O–H groups in total. The van der Waals surface area contributed by atoms with Gasteiger partial charge in [0, 0.05) is 5.56 Å². The van der Waals surface area contributed by atoms with Gasteiger partial charge in [0.2, 0.25) is 10.0 Å². The van der Waals surface area contributed by atoms with Gasteiger partial charge in [-0.25, -0.2) is 13.8 Å². The van der Waals surface area contributed by atoms with E-state index >= 15 is 0 Å². The van der Waals surface area contributed by atoms with Gasteiger partial charge in [-0.1, -0.05) is 38.1 Å². The van der Waals surface area contributed by atoms with Crippen LogP contribution in [0.2, 0.25) is 0 Å². The van der Waals surface area contributed by atoms with E-state index < -0.39 is 15.9 Å². The number of aryl methyl sites for hydroxylation is 1. The van der Waals surface area contributed by atoms with Gasteiger partial charge >= 0.3 is 0 Å². The molecule has 3 aromatic carbocycles. The molecule has 0 atom stereocenters. The highest BCUT2D eigenvalue weighted by atomic mass is 32.2. The molecule has 0 aliphatic heterocycles. The molecule has 190 valence electrons. The van der Waals surface area contributed by atoms with Crippen LogP contribution in [0.25, 0.3) is 0 Å². The zero-order valence-corrected chi connectivity index (χ0v) is 22.0. The molecule has 0 heterocycles. The van der Waals surface area contributed by atoms with Crippen molar-refractivity contribution in [1.29, 1.82) is 0 Å². The summed E-state index contributed by atoms with van der Waals surface area (Å²) in [6.07, 6.45) is 3.72. The van der Waals surface area contributed by atoms with E-state index in [-0.39, 0.29) is 6.54 Å². The Balaban J connectivity index is 1.61. The average Bonchev–Trinajstić information content (AvgIpc) is 2.83. The van der Waals surface area contributed by atoms with Crippen molar-refractivity contribution in [3.05, 3.63) is 95.1 Å². The van der Waals surface area contributed by atoms with Crippen LogP contribution in [0.15, 0.2) is 77.9 Å². The molecule has 0 unspecified atom stereocenters. The first kappa shape index (κ1) is 26.9. The molecule has 0 radical (unpaired) electrons. The fraction of sp³-hybridized carbons (Fsp3) is 0.286. The van der Waals surface area contributed by atoms with Crippen LogP contribution in [0.4, 0.5) is 5.69 Å². The molecule has 8 heteroatoms. The first-order valence-electron chi connectivity index (χ1n) is 11.8. The number of carbonyl (C=O) groups excluding carboxylic acids is 1. The molecule has 0 saturated carbocycles. The normalized spacial score (nSPS) is 11.6. The number of ether oxygens (including phenoxy) is 1. The van der Waals surface area contributed by atoms with E-state index in [1.165, 1.54) is 10.6 Å². The molecule has 3 aromatic rings. The number of sulfonamides is 1. The molecule has 0 aromatic heterocycles. The van der Waals surface area contributed by atoms with E-state index in [9.17, 15) is 13.2 Å². The molecule has 36 heavy (non-hydrogen) atoms. The second kappa shape index (κ2) is 12.4. The van der Waals surface area contributed by atoms with E-state index in [1.807, 2.05) is 55.5 Å². The summed E-state index contributed by atoms with van der Waals surface area (Å²) in [7, 11) is -3.52.